The van der Waals surface area contributed by atoms with Gasteiger partial charge in [0.25, 0.3) is 0 Å². The first-order valence-corrected chi connectivity index (χ1v) is 7.19. The lowest BCUT2D eigenvalue weighted by Gasteiger charge is -2.22. The van der Waals surface area contributed by atoms with Crippen LogP contribution in [0.5, 0.6) is 0 Å². The summed E-state index contributed by atoms with van der Waals surface area (Å²) in [6.07, 6.45) is 4.28. The molecule has 0 saturated heterocycles. The molecule has 0 fully saturated rings. The molecule has 0 aliphatic carbocycles. The summed E-state index contributed by atoms with van der Waals surface area (Å²) in [5.74, 6) is 0.218. The average molecular weight is 266 g/mol. The molecule has 0 aromatic heterocycles. The summed E-state index contributed by atoms with van der Waals surface area (Å²) in [6.45, 7) is 3.82. The lowest BCUT2D eigenvalue weighted by atomic mass is 9.88. The molecular formula is C19H22O. The SMILES string of the molecule is C=CCC(CCc1ccccc1)C(O)c1ccccc1. The average Bonchev–Trinajstić information content (AvgIpc) is 2.52. The molecule has 0 spiro atoms. The van der Waals surface area contributed by atoms with E-state index < -0.39 is 6.10 Å². The zero-order chi connectivity index (χ0) is 14.2. The van der Waals surface area contributed by atoms with Crippen LogP contribution in [-0.4, -0.2) is 5.11 Å². The molecule has 2 aromatic carbocycles. The molecule has 104 valence electrons. The number of aliphatic hydroxyl groups excluding tert-OH is 1. The van der Waals surface area contributed by atoms with E-state index in [4.69, 9.17) is 0 Å². The highest BCUT2D eigenvalue weighted by Gasteiger charge is 2.19. The maximum Gasteiger partial charge on any atom is 0.0821 e. The van der Waals surface area contributed by atoms with Gasteiger partial charge in [-0.1, -0.05) is 66.7 Å². The maximum atomic E-state index is 10.5. The Labute approximate surface area is 121 Å². The van der Waals surface area contributed by atoms with Crippen molar-refractivity contribution >= 4 is 0 Å². The number of hydrogen-bond acceptors (Lipinski definition) is 1. The van der Waals surface area contributed by atoms with E-state index in [1.54, 1.807) is 0 Å². The van der Waals surface area contributed by atoms with Crippen molar-refractivity contribution in [3.8, 4) is 0 Å². The normalized spacial score (nSPS) is 13.7. The van der Waals surface area contributed by atoms with Gasteiger partial charge in [-0.3, -0.25) is 0 Å². The Hall–Kier alpha value is -1.86. The van der Waals surface area contributed by atoms with Crippen LogP contribution in [0.4, 0.5) is 0 Å². The monoisotopic (exact) mass is 266 g/mol. The number of hydrogen-bond donors (Lipinski definition) is 1. The molecule has 20 heavy (non-hydrogen) atoms. The van der Waals surface area contributed by atoms with E-state index in [-0.39, 0.29) is 5.92 Å². The van der Waals surface area contributed by atoms with Crippen LogP contribution in [0.25, 0.3) is 0 Å². The van der Waals surface area contributed by atoms with Gasteiger partial charge in [-0.05, 0) is 36.3 Å². The van der Waals surface area contributed by atoms with Crippen LogP contribution in [0.2, 0.25) is 0 Å². The van der Waals surface area contributed by atoms with Crippen LogP contribution >= 0.6 is 0 Å². The molecular weight excluding hydrogens is 244 g/mol. The van der Waals surface area contributed by atoms with Crippen molar-refractivity contribution in [1.29, 1.82) is 0 Å². The zero-order valence-electron chi connectivity index (χ0n) is 11.8. The van der Waals surface area contributed by atoms with Gasteiger partial charge in [0.15, 0.2) is 0 Å². The minimum absolute atomic E-state index is 0.218. The van der Waals surface area contributed by atoms with Crippen LogP contribution in [0, 0.1) is 5.92 Å². The van der Waals surface area contributed by atoms with Crippen molar-refractivity contribution < 1.29 is 5.11 Å². The summed E-state index contributed by atoms with van der Waals surface area (Å²) in [5.41, 5.74) is 2.31. The van der Waals surface area contributed by atoms with Crippen molar-refractivity contribution in [3.63, 3.8) is 0 Å². The van der Waals surface area contributed by atoms with Gasteiger partial charge in [0.1, 0.15) is 0 Å². The molecule has 2 atom stereocenters. The maximum absolute atomic E-state index is 10.5. The second-order valence-electron chi connectivity index (χ2n) is 5.16. The third-order valence-corrected chi connectivity index (χ3v) is 3.70. The fraction of sp³-hybridized carbons (Fsp3) is 0.263. The Balaban J connectivity index is 2.01. The van der Waals surface area contributed by atoms with Gasteiger partial charge < -0.3 is 5.11 Å². The predicted octanol–water partition coefficient (Wildman–Crippen LogP) is 4.55. The molecule has 2 aromatic rings. The van der Waals surface area contributed by atoms with Crippen LogP contribution in [0.1, 0.15) is 30.1 Å². The van der Waals surface area contributed by atoms with Crippen molar-refractivity contribution in [2.45, 2.75) is 25.4 Å². The van der Waals surface area contributed by atoms with Crippen molar-refractivity contribution in [1.82, 2.24) is 0 Å². The Bertz CT molecular complexity index is 504. The van der Waals surface area contributed by atoms with Crippen molar-refractivity contribution in [2.24, 2.45) is 5.92 Å². The molecule has 1 nitrogen and oxygen atoms in total. The summed E-state index contributed by atoms with van der Waals surface area (Å²) in [7, 11) is 0. The van der Waals surface area contributed by atoms with Gasteiger partial charge in [-0.2, -0.15) is 0 Å². The standard InChI is InChI=1S/C19H22O/c1-2-9-17(15-14-16-10-5-3-6-11-16)19(20)18-12-7-4-8-13-18/h2-8,10-13,17,19-20H,1,9,14-15H2. The lowest BCUT2D eigenvalue weighted by molar-refractivity contribution is 0.104. The first-order chi connectivity index (χ1) is 9.81. The second kappa shape index (κ2) is 7.66. The van der Waals surface area contributed by atoms with E-state index in [2.05, 4.69) is 30.8 Å². The van der Waals surface area contributed by atoms with Crippen molar-refractivity contribution in [2.75, 3.05) is 0 Å². The van der Waals surface area contributed by atoms with Crippen molar-refractivity contribution in [3.05, 3.63) is 84.4 Å². The lowest BCUT2D eigenvalue weighted by Crippen LogP contribution is -2.13. The molecule has 0 aliphatic heterocycles. The molecule has 0 radical (unpaired) electrons. The minimum atomic E-state index is -0.419. The quantitative estimate of drug-likeness (QED) is 0.729. The summed E-state index contributed by atoms with van der Waals surface area (Å²) in [6, 6.07) is 20.3. The summed E-state index contributed by atoms with van der Waals surface area (Å²) in [4.78, 5) is 0. The van der Waals surface area contributed by atoms with Gasteiger partial charge in [0.05, 0.1) is 6.10 Å². The largest absolute Gasteiger partial charge is 0.388 e. The third kappa shape index (κ3) is 4.07. The molecule has 0 saturated carbocycles. The second-order valence-corrected chi connectivity index (χ2v) is 5.16. The third-order valence-electron chi connectivity index (χ3n) is 3.70. The van der Waals surface area contributed by atoms with Crippen LogP contribution in [0.15, 0.2) is 73.3 Å². The van der Waals surface area contributed by atoms with Crippen LogP contribution in [0.3, 0.4) is 0 Å². The van der Waals surface area contributed by atoms with E-state index in [0.717, 1.165) is 24.8 Å². The van der Waals surface area contributed by atoms with Gasteiger partial charge in [-0.15, -0.1) is 6.58 Å². The zero-order valence-corrected chi connectivity index (χ0v) is 11.8. The van der Waals surface area contributed by atoms with E-state index in [1.807, 2.05) is 42.5 Å². The minimum Gasteiger partial charge on any atom is -0.388 e. The van der Waals surface area contributed by atoms with E-state index >= 15 is 0 Å². The smallest absolute Gasteiger partial charge is 0.0821 e. The number of rotatable bonds is 7. The van der Waals surface area contributed by atoms with Gasteiger partial charge in [-0.25, -0.2) is 0 Å². The van der Waals surface area contributed by atoms with Crippen LogP contribution < -0.4 is 0 Å². The fourth-order valence-corrected chi connectivity index (χ4v) is 2.54. The Morgan fingerprint density at radius 2 is 1.55 bits per heavy atom. The molecule has 1 N–H and O–H groups in total. The summed E-state index contributed by atoms with van der Waals surface area (Å²) < 4.78 is 0. The molecule has 1 heteroatoms. The Morgan fingerprint density at radius 1 is 0.950 bits per heavy atom. The van der Waals surface area contributed by atoms with E-state index in [9.17, 15) is 5.11 Å². The summed E-state index contributed by atoms with van der Waals surface area (Å²) >= 11 is 0. The fourth-order valence-electron chi connectivity index (χ4n) is 2.54. The highest BCUT2D eigenvalue weighted by molar-refractivity contribution is 5.19. The molecule has 0 amide bonds. The van der Waals surface area contributed by atoms with Gasteiger partial charge >= 0.3 is 0 Å². The molecule has 0 heterocycles. The van der Waals surface area contributed by atoms with E-state index in [1.165, 1.54) is 5.56 Å². The highest BCUT2D eigenvalue weighted by atomic mass is 16.3. The topological polar surface area (TPSA) is 20.2 Å². The predicted molar refractivity (Wildman–Crippen MR) is 84.5 cm³/mol. The number of allylic oxidation sites excluding steroid dienone is 1. The first kappa shape index (κ1) is 14.5. The van der Waals surface area contributed by atoms with Gasteiger partial charge in [0.2, 0.25) is 0 Å². The molecule has 2 unspecified atom stereocenters. The highest BCUT2D eigenvalue weighted by Crippen LogP contribution is 2.28. The van der Waals surface area contributed by atoms with E-state index in [0.29, 0.717) is 0 Å². The molecule has 0 bridgehead atoms. The Kier molecular flexibility index (Phi) is 5.57. The summed E-state index contributed by atoms with van der Waals surface area (Å²) in [5, 5.41) is 10.5. The number of benzene rings is 2. The van der Waals surface area contributed by atoms with Gasteiger partial charge in [0, 0.05) is 0 Å². The Morgan fingerprint density at radius 3 is 2.15 bits per heavy atom. The van der Waals surface area contributed by atoms with Crippen LogP contribution in [-0.2, 0) is 6.42 Å². The number of aliphatic hydroxyl groups is 1. The number of aryl methyl sites for hydroxylation is 1. The molecule has 0 aliphatic rings. The molecule has 2 rings (SSSR count). The first-order valence-electron chi connectivity index (χ1n) is 7.19.